The normalized spacial score (nSPS) is 12.0. The van der Waals surface area contributed by atoms with Crippen LogP contribution in [0.3, 0.4) is 0 Å². The first-order valence-corrected chi connectivity index (χ1v) is 8.13. The number of aromatic nitrogens is 3. The standard InChI is InChI=1S/C19H18ClN5/c1-2-4-14(7-9-21)12-22-18-8-10-25-19(24-18)17(13-23-25)15-5-3-6-16(20)11-15/h2-11,13H,1,12,21H2,(H,22,24)/b9-7-,14-4+. The van der Waals surface area contributed by atoms with E-state index in [0.29, 0.717) is 11.6 Å². The average molecular weight is 352 g/mol. The summed E-state index contributed by atoms with van der Waals surface area (Å²) in [7, 11) is 0. The fourth-order valence-corrected chi connectivity index (χ4v) is 2.66. The van der Waals surface area contributed by atoms with Crippen LogP contribution in [-0.4, -0.2) is 21.1 Å². The molecule has 0 fully saturated rings. The van der Waals surface area contributed by atoms with Gasteiger partial charge in [0.25, 0.3) is 0 Å². The monoisotopic (exact) mass is 351 g/mol. The van der Waals surface area contributed by atoms with E-state index in [1.165, 1.54) is 6.20 Å². The summed E-state index contributed by atoms with van der Waals surface area (Å²) in [5.41, 5.74) is 9.13. The quantitative estimate of drug-likeness (QED) is 0.657. The number of halogens is 1. The highest BCUT2D eigenvalue weighted by Gasteiger charge is 2.09. The van der Waals surface area contributed by atoms with Gasteiger partial charge in [0.05, 0.1) is 6.20 Å². The predicted octanol–water partition coefficient (Wildman–Crippen LogP) is 4.05. The lowest BCUT2D eigenvalue weighted by Gasteiger charge is -2.07. The van der Waals surface area contributed by atoms with Gasteiger partial charge in [0, 0.05) is 23.3 Å². The van der Waals surface area contributed by atoms with Crippen LogP contribution in [0.1, 0.15) is 0 Å². The number of nitrogens with zero attached hydrogens (tertiary/aromatic N) is 3. The molecule has 6 heteroatoms. The molecular formula is C19H18ClN5. The Kier molecular flexibility index (Phi) is 5.16. The third kappa shape index (κ3) is 3.89. The van der Waals surface area contributed by atoms with Gasteiger partial charge in [-0.25, -0.2) is 9.50 Å². The summed E-state index contributed by atoms with van der Waals surface area (Å²) in [6.45, 7) is 4.29. The van der Waals surface area contributed by atoms with Crippen molar-refractivity contribution < 1.29 is 0 Å². The Morgan fingerprint density at radius 1 is 1.36 bits per heavy atom. The molecule has 3 rings (SSSR count). The highest BCUT2D eigenvalue weighted by Crippen LogP contribution is 2.26. The predicted molar refractivity (Wildman–Crippen MR) is 104 cm³/mol. The van der Waals surface area contributed by atoms with Gasteiger partial charge in [-0.15, -0.1) is 0 Å². The van der Waals surface area contributed by atoms with Crippen molar-refractivity contribution in [3.63, 3.8) is 0 Å². The third-order valence-corrected chi connectivity index (χ3v) is 3.86. The van der Waals surface area contributed by atoms with Crippen LogP contribution in [0.15, 0.2) is 79.3 Å². The first kappa shape index (κ1) is 16.8. The van der Waals surface area contributed by atoms with Gasteiger partial charge in [0.15, 0.2) is 5.65 Å². The molecule has 25 heavy (non-hydrogen) atoms. The Balaban J connectivity index is 1.90. The SMILES string of the molecule is C=C/C=C(\C=C/N)CNc1ccn2ncc(-c3cccc(Cl)c3)c2n1. The molecule has 126 valence electrons. The molecule has 2 heterocycles. The van der Waals surface area contributed by atoms with Crippen LogP contribution >= 0.6 is 11.6 Å². The first-order chi connectivity index (χ1) is 12.2. The van der Waals surface area contributed by atoms with E-state index < -0.39 is 0 Å². The lowest BCUT2D eigenvalue weighted by molar-refractivity contribution is 0.938. The van der Waals surface area contributed by atoms with Crippen LogP contribution in [0.5, 0.6) is 0 Å². The van der Waals surface area contributed by atoms with Crippen LogP contribution < -0.4 is 11.1 Å². The van der Waals surface area contributed by atoms with Crippen LogP contribution in [0.2, 0.25) is 5.02 Å². The number of nitrogens with two attached hydrogens (primary N) is 1. The minimum atomic E-state index is 0.587. The number of rotatable bonds is 6. The summed E-state index contributed by atoms with van der Waals surface area (Å²) >= 11 is 6.10. The molecule has 3 aromatic rings. The minimum Gasteiger partial charge on any atom is -0.405 e. The molecule has 0 aliphatic rings. The number of hydrogen-bond donors (Lipinski definition) is 2. The maximum Gasteiger partial charge on any atom is 0.165 e. The number of benzene rings is 1. The smallest absolute Gasteiger partial charge is 0.165 e. The van der Waals surface area contributed by atoms with Gasteiger partial charge in [0.1, 0.15) is 5.82 Å². The number of fused-ring (bicyclic) bond motifs is 1. The topological polar surface area (TPSA) is 68.2 Å². The molecule has 3 N–H and O–H groups in total. The van der Waals surface area contributed by atoms with Crippen LogP contribution in [0.25, 0.3) is 16.8 Å². The summed E-state index contributed by atoms with van der Waals surface area (Å²) in [6, 6.07) is 9.52. The summed E-state index contributed by atoms with van der Waals surface area (Å²) in [5.74, 6) is 0.747. The van der Waals surface area contributed by atoms with E-state index in [-0.39, 0.29) is 0 Å². The molecule has 0 bridgehead atoms. The summed E-state index contributed by atoms with van der Waals surface area (Å²) in [6.07, 6.45) is 10.6. The molecular weight excluding hydrogens is 334 g/mol. The number of hydrogen-bond acceptors (Lipinski definition) is 4. The molecule has 0 saturated heterocycles. The zero-order valence-electron chi connectivity index (χ0n) is 13.6. The van der Waals surface area contributed by atoms with E-state index >= 15 is 0 Å². The molecule has 0 aliphatic heterocycles. The zero-order valence-corrected chi connectivity index (χ0v) is 14.3. The van der Waals surface area contributed by atoms with Crippen molar-refractivity contribution >= 4 is 23.1 Å². The van der Waals surface area contributed by atoms with Crippen molar-refractivity contribution in [2.75, 3.05) is 11.9 Å². The van der Waals surface area contributed by atoms with Gasteiger partial charge in [-0.05, 0) is 41.6 Å². The maximum atomic E-state index is 6.10. The number of nitrogens with one attached hydrogen (secondary N) is 1. The van der Waals surface area contributed by atoms with E-state index in [2.05, 4.69) is 22.0 Å². The van der Waals surface area contributed by atoms with Gasteiger partial charge in [-0.1, -0.05) is 42.5 Å². The van der Waals surface area contributed by atoms with Crippen molar-refractivity contribution in [2.45, 2.75) is 0 Å². The van der Waals surface area contributed by atoms with Crippen LogP contribution in [-0.2, 0) is 0 Å². The lowest BCUT2D eigenvalue weighted by atomic mass is 10.1. The molecule has 0 aliphatic carbocycles. The van der Waals surface area contributed by atoms with Crippen molar-refractivity contribution in [1.29, 1.82) is 0 Å². The van der Waals surface area contributed by atoms with Gasteiger partial charge < -0.3 is 11.1 Å². The second kappa shape index (κ2) is 7.68. The first-order valence-electron chi connectivity index (χ1n) is 7.75. The van der Waals surface area contributed by atoms with E-state index in [4.69, 9.17) is 17.3 Å². The largest absolute Gasteiger partial charge is 0.405 e. The number of anilines is 1. The Hall–Kier alpha value is -3.05. The molecule has 0 saturated carbocycles. The summed E-state index contributed by atoms with van der Waals surface area (Å²) in [5, 5.41) is 8.32. The molecule has 0 atom stereocenters. The Labute approximate surface area is 151 Å². The highest BCUT2D eigenvalue weighted by molar-refractivity contribution is 6.30. The Morgan fingerprint density at radius 3 is 3.00 bits per heavy atom. The average Bonchev–Trinajstić information content (AvgIpc) is 3.03. The van der Waals surface area contributed by atoms with E-state index in [1.807, 2.05) is 48.7 Å². The second-order valence-electron chi connectivity index (χ2n) is 5.34. The maximum absolute atomic E-state index is 6.10. The minimum absolute atomic E-state index is 0.587. The van der Waals surface area contributed by atoms with Crippen molar-refractivity contribution in [3.8, 4) is 11.1 Å². The van der Waals surface area contributed by atoms with Crippen LogP contribution in [0, 0.1) is 0 Å². The van der Waals surface area contributed by atoms with E-state index in [9.17, 15) is 0 Å². The third-order valence-electron chi connectivity index (χ3n) is 3.62. The van der Waals surface area contributed by atoms with Crippen molar-refractivity contribution in [1.82, 2.24) is 14.6 Å². The fourth-order valence-electron chi connectivity index (χ4n) is 2.47. The molecule has 0 spiro atoms. The lowest BCUT2D eigenvalue weighted by Crippen LogP contribution is -2.06. The van der Waals surface area contributed by atoms with E-state index in [1.54, 1.807) is 16.8 Å². The molecule has 5 nitrogen and oxygen atoms in total. The molecule has 2 aromatic heterocycles. The van der Waals surface area contributed by atoms with Crippen molar-refractivity contribution in [3.05, 3.63) is 84.3 Å². The molecule has 0 amide bonds. The summed E-state index contributed by atoms with van der Waals surface area (Å²) in [4.78, 5) is 4.67. The van der Waals surface area contributed by atoms with Gasteiger partial charge in [-0.2, -0.15) is 5.10 Å². The molecule has 0 unspecified atom stereocenters. The fraction of sp³-hybridized carbons (Fsp3) is 0.0526. The Bertz CT molecular complexity index is 955. The van der Waals surface area contributed by atoms with E-state index in [0.717, 1.165) is 28.2 Å². The highest BCUT2D eigenvalue weighted by atomic mass is 35.5. The van der Waals surface area contributed by atoms with Gasteiger partial charge in [-0.3, -0.25) is 0 Å². The van der Waals surface area contributed by atoms with Crippen LogP contribution in [0.4, 0.5) is 5.82 Å². The van der Waals surface area contributed by atoms with Gasteiger partial charge in [0.2, 0.25) is 0 Å². The van der Waals surface area contributed by atoms with Crippen molar-refractivity contribution in [2.24, 2.45) is 5.73 Å². The number of allylic oxidation sites excluding steroid dienone is 2. The van der Waals surface area contributed by atoms with Gasteiger partial charge >= 0.3 is 0 Å². The molecule has 0 radical (unpaired) electrons. The zero-order chi connectivity index (χ0) is 17.6. The second-order valence-corrected chi connectivity index (χ2v) is 5.78. The summed E-state index contributed by atoms with van der Waals surface area (Å²) < 4.78 is 1.74. The molecule has 1 aromatic carbocycles. The Morgan fingerprint density at radius 2 is 2.24 bits per heavy atom.